The fraction of sp³-hybridized carbons (Fsp3) is 0.385. The van der Waals surface area contributed by atoms with Crippen LogP contribution in [0.25, 0.3) is 0 Å². The summed E-state index contributed by atoms with van der Waals surface area (Å²) in [5.41, 5.74) is 0.574. The molecule has 0 aliphatic carbocycles. The minimum absolute atomic E-state index is 0.0381. The lowest BCUT2D eigenvalue weighted by Crippen LogP contribution is -2.35. The fourth-order valence-corrected chi connectivity index (χ4v) is 2.21. The summed E-state index contributed by atoms with van der Waals surface area (Å²) in [6, 6.07) is 7.38. The van der Waals surface area contributed by atoms with E-state index < -0.39 is 0 Å². The van der Waals surface area contributed by atoms with E-state index in [1.807, 2.05) is 6.92 Å². The van der Waals surface area contributed by atoms with Gasteiger partial charge in [-0.15, -0.1) is 0 Å². The van der Waals surface area contributed by atoms with Crippen molar-refractivity contribution in [1.82, 2.24) is 5.32 Å². The lowest BCUT2D eigenvalue weighted by atomic mass is 10.2. The van der Waals surface area contributed by atoms with Crippen LogP contribution in [0.2, 0.25) is 5.02 Å². The van der Waals surface area contributed by atoms with Gasteiger partial charge in [0.15, 0.2) is 0 Å². The maximum Gasteiger partial charge on any atom is 0.238 e. The molecule has 0 radical (unpaired) electrons. The van der Waals surface area contributed by atoms with Crippen molar-refractivity contribution in [2.45, 2.75) is 25.8 Å². The number of anilines is 1. The van der Waals surface area contributed by atoms with Gasteiger partial charge in [-0.2, -0.15) is 5.26 Å². The number of rotatable bonds is 6. The van der Waals surface area contributed by atoms with Gasteiger partial charge in [0.05, 0.1) is 29.7 Å². The van der Waals surface area contributed by atoms with Crippen LogP contribution in [0.15, 0.2) is 22.7 Å². The van der Waals surface area contributed by atoms with Crippen LogP contribution < -0.4 is 10.6 Å². The van der Waals surface area contributed by atoms with E-state index in [-0.39, 0.29) is 18.5 Å². The molecule has 1 rings (SSSR count). The van der Waals surface area contributed by atoms with Crippen molar-refractivity contribution in [2.24, 2.45) is 0 Å². The lowest BCUT2D eigenvalue weighted by molar-refractivity contribution is -0.115. The van der Waals surface area contributed by atoms with Crippen molar-refractivity contribution in [1.29, 1.82) is 5.26 Å². The number of halogens is 2. The molecule has 0 aliphatic heterocycles. The molecule has 0 spiro atoms. The van der Waals surface area contributed by atoms with Gasteiger partial charge in [0.2, 0.25) is 5.91 Å². The molecular weight excluding hydrogens is 330 g/mol. The van der Waals surface area contributed by atoms with E-state index in [2.05, 4.69) is 32.6 Å². The van der Waals surface area contributed by atoms with Crippen LogP contribution in [0, 0.1) is 11.3 Å². The Morgan fingerprint density at radius 3 is 2.89 bits per heavy atom. The Labute approximate surface area is 126 Å². The number of nitrogens with zero attached hydrogens (tertiary/aromatic N) is 1. The highest BCUT2D eigenvalue weighted by atomic mass is 79.9. The van der Waals surface area contributed by atoms with Gasteiger partial charge in [0.1, 0.15) is 0 Å². The van der Waals surface area contributed by atoms with E-state index in [0.29, 0.717) is 17.1 Å². The Balaban J connectivity index is 2.49. The summed E-state index contributed by atoms with van der Waals surface area (Å²) in [5, 5.41) is 14.9. The highest BCUT2D eigenvalue weighted by molar-refractivity contribution is 9.10. The molecule has 1 aromatic rings. The molecule has 0 heterocycles. The van der Waals surface area contributed by atoms with Crippen LogP contribution in [0.5, 0.6) is 0 Å². The van der Waals surface area contributed by atoms with E-state index in [1.165, 1.54) is 0 Å². The third kappa shape index (κ3) is 5.60. The van der Waals surface area contributed by atoms with E-state index in [0.717, 1.165) is 10.9 Å². The summed E-state index contributed by atoms with van der Waals surface area (Å²) in [6.07, 6.45) is 1.20. The third-order valence-corrected chi connectivity index (χ3v) is 3.39. The summed E-state index contributed by atoms with van der Waals surface area (Å²) in [7, 11) is 0. The minimum Gasteiger partial charge on any atom is -0.324 e. The van der Waals surface area contributed by atoms with Crippen LogP contribution >= 0.6 is 27.5 Å². The Kier molecular flexibility index (Phi) is 6.85. The van der Waals surface area contributed by atoms with Gasteiger partial charge in [0, 0.05) is 10.5 Å². The average molecular weight is 345 g/mol. The number of benzene rings is 1. The fourth-order valence-electron chi connectivity index (χ4n) is 1.49. The highest BCUT2D eigenvalue weighted by Gasteiger charge is 2.09. The molecule has 0 saturated heterocycles. The Bertz CT molecular complexity index is 487. The molecular formula is C13H15BrClN3O. The van der Waals surface area contributed by atoms with Gasteiger partial charge in [-0.3, -0.25) is 4.79 Å². The molecule has 0 fully saturated rings. The maximum atomic E-state index is 11.7. The van der Waals surface area contributed by atoms with Crippen LogP contribution in [-0.2, 0) is 4.79 Å². The zero-order valence-electron chi connectivity index (χ0n) is 10.5. The van der Waals surface area contributed by atoms with Crippen molar-refractivity contribution in [3.63, 3.8) is 0 Å². The summed E-state index contributed by atoms with van der Waals surface area (Å²) in [6.45, 7) is 2.13. The Hall–Kier alpha value is -1.09. The van der Waals surface area contributed by atoms with E-state index in [1.54, 1.807) is 18.2 Å². The van der Waals surface area contributed by atoms with Crippen molar-refractivity contribution >= 4 is 39.1 Å². The number of carbonyl (C=O) groups excluding carboxylic acids is 1. The zero-order chi connectivity index (χ0) is 14.3. The van der Waals surface area contributed by atoms with Crippen LogP contribution in [0.1, 0.15) is 19.8 Å². The average Bonchev–Trinajstić information content (AvgIpc) is 2.38. The number of hydrogen-bond donors (Lipinski definition) is 2. The highest BCUT2D eigenvalue weighted by Crippen LogP contribution is 2.25. The quantitative estimate of drug-likeness (QED) is 0.832. The molecule has 102 valence electrons. The van der Waals surface area contributed by atoms with E-state index >= 15 is 0 Å². The summed E-state index contributed by atoms with van der Waals surface area (Å²) >= 11 is 9.30. The van der Waals surface area contributed by atoms with Crippen molar-refractivity contribution in [3.05, 3.63) is 27.7 Å². The standard InChI is InChI=1S/C13H15BrClN3O/c1-2-10(5-6-16)17-8-13(19)18-12-4-3-9(14)7-11(12)15/h3-4,7,10,17H,2,5,8H2,1H3,(H,18,19)/t10-/m0/s1. The van der Waals surface area contributed by atoms with Crippen molar-refractivity contribution < 1.29 is 4.79 Å². The van der Waals surface area contributed by atoms with Gasteiger partial charge in [-0.1, -0.05) is 34.5 Å². The molecule has 19 heavy (non-hydrogen) atoms. The molecule has 0 saturated carbocycles. The minimum atomic E-state index is -0.180. The van der Waals surface area contributed by atoms with E-state index in [4.69, 9.17) is 16.9 Å². The predicted octanol–water partition coefficient (Wildman–Crippen LogP) is 3.32. The van der Waals surface area contributed by atoms with Crippen molar-refractivity contribution in [2.75, 3.05) is 11.9 Å². The van der Waals surface area contributed by atoms with Crippen LogP contribution in [0.4, 0.5) is 5.69 Å². The first-order chi connectivity index (χ1) is 9.06. The third-order valence-electron chi connectivity index (χ3n) is 2.59. The summed E-state index contributed by atoms with van der Waals surface area (Å²) in [5.74, 6) is -0.180. The van der Waals surface area contributed by atoms with Gasteiger partial charge in [0.25, 0.3) is 0 Å². The zero-order valence-corrected chi connectivity index (χ0v) is 12.9. The first-order valence-electron chi connectivity index (χ1n) is 5.92. The molecule has 2 N–H and O–H groups in total. The maximum absolute atomic E-state index is 11.7. The molecule has 0 unspecified atom stereocenters. The van der Waals surface area contributed by atoms with Crippen LogP contribution in [-0.4, -0.2) is 18.5 Å². The van der Waals surface area contributed by atoms with Gasteiger partial charge in [-0.05, 0) is 24.6 Å². The summed E-state index contributed by atoms with van der Waals surface area (Å²) < 4.78 is 0.855. The first-order valence-corrected chi connectivity index (χ1v) is 7.09. The smallest absolute Gasteiger partial charge is 0.238 e. The van der Waals surface area contributed by atoms with Gasteiger partial charge in [-0.25, -0.2) is 0 Å². The molecule has 0 bridgehead atoms. The number of carbonyl (C=O) groups is 1. The molecule has 1 atom stereocenters. The number of nitriles is 1. The molecule has 0 aromatic heterocycles. The normalized spacial score (nSPS) is 11.7. The second-order valence-corrected chi connectivity index (χ2v) is 5.34. The molecule has 1 amide bonds. The lowest BCUT2D eigenvalue weighted by Gasteiger charge is -2.13. The van der Waals surface area contributed by atoms with Gasteiger partial charge >= 0.3 is 0 Å². The number of nitrogens with one attached hydrogen (secondary N) is 2. The molecule has 1 aromatic carbocycles. The predicted molar refractivity (Wildman–Crippen MR) is 80.1 cm³/mol. The van der Waals surface area contributed by atoms with Crippen LogP contribution in [0.3, 0.4) is 0 Å². The number of hydrogen-bond acceptors (Lipinski definition) is 3. The number of amides is 1. The second-order valence-electron chi connectivity index (χ2n) is 4.02. The summed E-state index contributed by atoms with van der Waals surface area (Å²) in [4.78, 5) is 11.7. The van der Waals surface area contributed by atoms with Crippen molar-refractivity contribution in [3.8, 4) is 6.07 Å². The van der Waals surface area contributed by atoms with Gasteiger partial charge < -0.3 is 10.6 Å². The second kappa shape index (κ2) is 8.16. The topological polar surface area (TPSA) is 64.9 Å². The Morgan fingerprint density at radius 2 is 2.32 bits per heavy atom. The molecule has 4 nitrogen and oxygen atoms in total. The molecule has 0 aliphatic rings. The molecule has 6 heteroatoms. The largest absolute Gasteiger partial charge is 0.324 e. The SMILES string of the molecule is CC[C@@H](CC#N)NCC(=O)Nc1ccc(Br)cc1Cl. The Morgan fingerprint density at radius 1 is 1.58 bits per heavy atom. The first kappa shape index (κ1) is 16.0. The van der Waals surface area contributed by atoms with E-state index in [9.17, 15) is 4.79 Å². The monoisotopic (exact) mass is 343 g/mol.